The molecule has 80 valence electrons. The minimum Gasteiger partial charge on any atom is -0.380 e. The Morgan fingerprint density at radius 2 is 2.29 bits per heavy atom. The molecule has 1 atom stereocenters. The Kier molecular flexibility index (Phi) is 4.35. The predicted octanol–water partition coefficient (Wildman–Crippen LogP) is 2.71. The van der Waals surface area contributed by atoms with Gasteiger partial charge >= 0.3 is 0 Å². The highest BCUT2D eigenvalue weighted by molar-refractivity contribution is 7.71. The van der Waals surface area contributed by atoms with Crippen molar-refractivity contribution in [1.29, 1.82) is 0 Å². The number of ether oxygens (including phenoxy) is 1. The Morgan fingerprint density at radius 3 is 2.86 bits per heavy atom. The van der Waals surface area contributed by atoms with Gasteiger partial charge in [-0.1, -0.05) is 6.92 Å². The summed E-state index contributed by atoms with van der Waals surface area (Å²) in [6.45, 7) is 7.73. The molecule has 0 spiro atoms. The first kappa shape index (κ1) is 11.5. The molecule has 0 saturated heterocycles. The van der Waals surface area contributed by atoms with Crippen LogP contribution in [0.5, 0.6) is 0 Å². The van der Waals surface area contributed by atoms with Gasteiger partial charge in [0.2, 0.25) is 0 Å². The van der Waals surface area contributed by atoms with Crippen molar-refractivity contribution in [3.63, 3.8) is 0 Å². The van der Waals surface area contributed by atoms with E-state index < -0.39 is 0 Å². The second-order valence-corrected chi connectivity index (χ2v) is 3.70. The number of H-pyrrole nitrogens is 1. The lowest BCUT2D eigenvalue weighted by Crippen LogP contribution is -2.14. The molecule has 0 aliphatic heterocycles. The van der Waals surface area contributed by atoms with E-state index in [9.17, 15) is 0 Å². The SMILES string of the molecule is CCOCC(C)n1c(CC)c[nH]c1=S. The monoisotopic (exact) mass is 214 g/mol. The largest absolute Gasteiger partial charge is 0.380 e. The van der Waals surface area contributed by atoms with Crippen molar-refractivity contribution in [3.05, 3.63) is 16.7 Å². The summed E-state index contributed by atoms with van der Waals surface area (Å²) >= 11 is 5.22. The molecule has 3 nitrogen and oxygen atoms in total. The number of aromatic amines is 1. The van der Waals surface area contributed by atoms with Gasteiger partial charge < -0.3 is 14.3 Å². The summed E-state index contributed by atoms with van der Waals surface area (Å²) in [5.74, 6) is 0. The maximum Gasteiger partial charge on any atom is 0.177 e. The topological polar surface area (TPSA) is 29.9 Å². The van der Waals surface area contributed by atoms with Crippen LogP contribution in [-0.4, -0.2) is 22.8 Å². The van der Waals surface area contributed by atoms with E-state index in [2.05, 4.69) is 23.4 Å². The number of hydrogen-bond acceptors (Lipinski definition) is 2. The third-order valence-electron chi connectivity index (χ3n) is 2.26. The lowest BCUT2D eigenvalue weighted by molar-refractivity contribution is 0.117. The van der Waals surface area contributed by atoms with Crippen molar-refractivity contribution in [2.45, 2.75) is 33.2 Å². The van der Waals surface area contributed by atoms with Gasteiger partial charge in [0.25, 0.3) is 0 Å². The smallest absolute Gasteiger partial charge is 0.177 e. The van der Waals surface area contributed by atoms with Crippen molar-refractivity contribution < 1.29 is 4.74 Å². The third kappa shape index (κ3) is 2.45. The molecule has 1 heterocycles. The molecule has 14 heavy (non-hydrogen) atoms. The number of imidazole rings is 1. The maximum atomic E-state index is 5.39. The molecule has 0 fully saturated rings. The van der Waals surface area contributed by atoms with Crippen LogP contribution in [0.15, 0.2) is 6.20 Å². The number of nitrogens with zero attached hydrogens (tertiary/aromatic N) is 1. The Hall–Kier alpha value is -0.610. The van der Waals surface area contributed by atoms with Crippen LogP contribution in [-0.2, 0) is 11.2 Å². The first-order valence-electron chi connectivity index (χ1n) is 5.07. The molecule has 1 aromatic heterocycles. The fraction of sp³-hybridized carbons (Fsp3) is 0.700. The van der Waals surface area contributed by atoms with E-state index in [1.54, 1.807) is 0 Å². The quantitative estimate of drug-likeness (QED) is 0.764. The molecular weight excluding hydrogens is 196 g/mol. The third-order valence-corrected chi connectivity index (χ3v) is 2.57. The van der Waals surface area contributed by atoms with Crippen molar-refractivity contribution in [2.24, 2.45) is 0 Å². The van der Waals surface area contributed by atoms with Crippen molar-refractivity contribution in [2.75, 3.05) is 13.2 Å². The lowest BCUT2D eigenvalue weighted by Gasteiger charge is -2.15. The zero-order valence-electron chi connectivity index (χ0n) is 9.04. The molecule has 0 radical (unpaired) electrons. The number of nitrogens with one attached hydrogen (secondary N) is 1. The summed E-state index contributed by atoms with van der Waals surface area (Å²) in [4.78, 5) is 3.07. The highest BCUT2D eigenvalue weighted by Crippen LogP contribution is 2.12. The minimum atomic E-state index is 0.309. The second-order valence-electron chi connectivity index (χ2n) is 3.32. The van der Waals surface area contributed by atoms with E-state index in [1.807, 2.05) is 13.1 Å². The number of aryl methyl sites for hydroxylation is 1. The van der Waals surface area contributed by atoms with E-state index in [4.69, 9.17) is 17.0 Å². The van der Waals surface area contributed by atoms with Gasteiger partial charge in [-0.3, -0.25) is 0 Å². The molecule has 1 unspecified atom stereocenters. The lowest BCUT2D eigenvalue weighted by atomic mass is 10.3. The van der Waals surface area contributed by atoms with Crippen LogP contribution in [0, 0.1) is 4.77 Å². The summed E-state index contributed by atoms with van der Waals surface area (Å²) in [6, 6.07) is 0.309. The molecule has 1 rings (SSSR count). The fourth-order valence-corrected chi connectivity index (χ4v) is 1.89. The van der Waals surface area contributed by atoms with Crippen LogP contribution in [0.2, 0.25) is 0 Å². The van der Waals surface area contributed by atoms with Crippen LogP contribution in [0.3, 0.4) is 0 Å². The molecule has 0 saturated carbocycles. The van der Waals surface area contributed by atoms with Gasteiger partial charge in [0.1, 0.15) is 0 Å². The zero-order chi connectivity index (χ0) is 10.6. The molecule has 1 aromatic rings. The van der Waals surface area contributed by atoms with E-state index in [-0.39, 0.29) is 0 Å². The highest BCUT2D eigenvalue weighted by atomic mass is 32.1. The van der Waals surface area contributed by atoms with Crippen molar-refractivity contribution in [1.82, 2.24) is 9.55 Å². The second kappa shape index (κ2) is 5.32. The van der Waals surface area contributed by atoms with Gasteiger partial charge in [-0.25, -0.2) is 0 Å². The van der Waals surface area contributed by atoms with Crippen molar-refractivity contribution >= 4 is 12.2 Å². The van der Waals surface area contributed by atoms with Gasteiger partial charge in [0.05, 0.1) is 12.6 Å². The average molecular weight is 214 g/mol. The van der Waals surface area contributed by atoms with Gasteiger partial charge in [-0.2, -0.15) is 0 Å². The first-order valence-corrected chi connectivity index (χ1v) is 5.48. The zero-order valence-corrected chi connectivity index (χ0v) is 9.86. The minimum absolute atomic E-state index is 0.309. The highest BCUT2D eigenvalue weighted by Gasteiger charge is 2.09. The molecule has 0 aliphatic rings. The summed E-state index contributed by atoms with van der Waals surface area (Å²) in [6.07, 6.45) is 2.97. The molecule has 0 amide bonds. The predicted molar refractivity (Wildman–Crippen MR) is 60.2 cm³/mol. The summed E-state index contributed by atoms with van der Waals surface area (Å²) < 4.78 is 8.31. The van der Waals surface area contributed by atoms with Crippen molar-refractivity contribution in [3.8, 4) is 0 Å². The van der Waals surface area contributed by atoms with Crippen LogP contribution in [0.1, 0.15) is 32.5 Å². The molecular formula is C10H18N2OS. The Bertz CT molecular complexity index is 329. The summed E-state index contributed by atoms with van der Waals surface area (Å²) in [5, 5.41) is 0. The van der Waals surface area contributed by atoms with Gasteiger partial charge in [-0.15, -0.1) is 0 Å². The molecule has 0 aromatic carbocycles. The Morgan fingerprint density at radius 1 is 1.57 bits per heavy atom. The van der Waals surface area contributed by atoms with Crippen LogP contribution < -0.4 is 0 Å². The van der Waals surface area contributed by atoms with Gasteiger partial charge in [-0.05, 0) is 32.5 Å². The van der Waals surface area contributed by atoms with Crippen LogP contribution in [0.25, 0.3) is 0 Å². The van der Waals surface area contributed by atoms with Gasteiger partial charge in [0.15, 0.2) is 4.77 Å². The van der Waals surface area contributed by atoms with E-state index >= 15 is 0 Å². The van der Waals surface area contributed by atoms with E-state index in [0.29, 0.717) is 6.04 Å². The summed E-state index contributed by atoms with van der Waals surface area (Å²) in [5.41, 5.74) is 1.24. The van der Waals surface area contributed by atoms with Crippen LogP contribution >= 0.6 is 12.2 Å². The Labute approximate surface area is 90.1 Å². The van der Waals surface area contributed by atoms with Crippen LogP contribution in [0.4, 0.5) is 0 Å². The molecule has 0 aliphatic carbocycles. The average Bonchev–Trinajstić information content (AvgIpc) is 2.56. The molecule has 4 heteroatoms. The van der Waals surface area contributed by atoms with E-state index in [1.165, 1.54) is 5.69 Å². The Balaban J connectivity index is 2.81. The summed E-state index contributed by atoms with van der Waals surface area (Å²) in [7, 11) is 0. The normalized spacial score (nSPS) is 13.1. The molecule has 0 bridgehead atoms. The number of aromatic nitrogens is 2. The number of hydrogen-bond donors (Lipinski definition) is 1. The number of rotatable bonds is 5. The fourth-order valence-electron chi connectivity index (χ4n) is 1.53. The first-order chi connectivity index (χ1) is 6.70. The maximum absolute atomic E-state index is 5.39. The van der Waals surface area contributed by atoms with Gasteiger partial charge in [0, 0.05) is 18.5 Å². The standard InChI is InChI=1S/C10H18N2OS/c1-4-9-6-11-10(14)12(9)8(3)7-13-5-2/h6,8H,4-5,7H2,1-3H3,(H,11,14). The molecule has 1 N–H and O–H groups in total. The van der Waals surface area contributed by atoms with E-state index in [0.717, 1.165) is 24.4 Å².